The van der Waals surface area contributed by atoms with Crippen molar-refractivity contribution in [3.05, 3.63) is 157 Å². The molecule has 0 N–H and O–H groups in total. The number of nitrogens with zero attached hydrogens (tertiary/aromatic N) is 4. The molecular formula is C41H29BN4. The second kappa shape index (κ2) is 10.6. The summed E-state index contributed by atoms with van der Waals surface area (Å²) in [6, 6.07) is 43.4. The lowest BCUT2D eigenvalue weighted by Gasteiger charge is -2.46. The average Bonchev–Trinajstić information content (AvgIpc) is 3.12. The molecule has 5 heteroatoms. The van der Waals surface area contributed by atoms with Gasteiger partial charge in [-0.25, -0.2) is 0 Å². The fourth-order valence-electron chi connectivity index (χ4n) is 7.53. The van der Waals surface area contributed by atoms with Gasteiger partial charge in [-0.2, -0.15) is 0 Å². The Kier molecular flexibility index (Phi) is 6.14. The molecule has 2 aromatic heterocycles. The lowest BCUT2D eigenvalue weighted by atomic mass is 9.33. The van der Waals surface area contributed by atoms with E-state index >= 15 is 0 Å². The first kappa shape index (κ1) is 26.5. The van der Waals surface area contributed by atoms with Gasteiger partial charge < -0.3 is 9.80 Å². The summed E-state index contributed by atoms with van der Waals surface area (Å²) < 4.78 is 0. The Morgan fingerprint density at radius 2 is 1.28 bits per heavy atom. The van der Waals surface area contributed by atoms with Crippen molar-refractivity contribution in [3.8, 4) is 23.1 Å². The van der Waals surface area contributed by atoms with Crippen molar-refractivity contribution in [2.24, 2.45) is 0 Å². The molecule has 0 amide bonds. The average molecular weight is 589 g/mol. The van der Waals surface area contributed by atoms with Gasteiger partial charge in [0.1, 0.15) is 0 Å². The van der Waals surface area contributed by atoms with Crippen LogP contribution in [0, 0.1) is 18.8 Å². The molecule has 0 spiro atoms. The molecule has 46 heavy (non-hydrogen) atoms. The van der Waals surface area contributed by atoms with Crippen molar-refractivity contribution < 1.29 is 0 Å². The predicted octanol–water partition coefficient (Wildman–Crippen LogP) is 7.28. The Bertz CT molecular complexity index is 2230. The first-order valence-corrected chi connectivity index (χ1v) is 15.8. The zero-order valence-electron chi connectivity index (χ0n) is 25.4. The Morgan fingerprint density at radius 1 is 0.652 bits per heavy atom. The number of aromatic nitrogens is 2. The number of rotatable bonds is 4. The van der Waals surface area contributed by atoms with Crippen molar-refractivity contribution in [2.45, 2.75) is 19.3 Å². The third-order valence-electron chi connectivity index (χ3n) is 9.40. The Morgan fingerprint density at radius 3 is 2.00 bits per heavy atom. The number of para-hydroxylation sites is 3. The minimum Gasteiger partial charge on any atom is -0.314 e. The molecule has 0 saturated carbocycles. The SMILES string of the molecule is Cc1cc2c3c(c1)N(c1ccccc1-c1ccccn1)c1ccccc1B3c1ccccc1N2C1=CC#CCC1c1ccccn1. The smallest absolute Gasteiger partial charge is 0.252 e. The lowest BCUT2D eigenvalue weighted by molar-refractivity contribution is 0.763. The number of fused-ring (bicyclic) bond motifs is 4. The molecule has 0 saturated heterocycles. The fourth-order valence-corrected chi connectivity index (χ4v) is 7.53. The van der Waals surface area contributed by atoms with Crippen molar-refractivity contribution in [1.29, 1.82) is 0 Å². The number of allylic oxidation sites excluding steroid dienone is 2. The molecule has 9 rings (SSSR count). The Hall–Kier alpha value is -5.86. The first-order valence-electron chi connectivity index (χ1n) is 15.8. The van der Waals surface area contributed by atoms with Gasteiger partial charge in [0.25, 0.3) is 6.71 Å². The first-order chi connectivity index (χ1) is 22.8. The maximum absolute atomic E-state index is 4.81. The van der Waals surface area contributed by atoms with E-state index in [0.717, 1.165) is 34.8 Å². The topological polar surface area (TPSA) is 32.3 Å². The van der Waals surface area contributed by atoms with Crippen LogP contribution in [0.25, 0.3) is 11.3 Å². The Balaban J connectivity index is 1.34. The molecule has 0 radical (unpaired) electrons. The summed E-state index contributed by atoms with van der Waals surface area (Å²) in [5.41, 5.74) is 15.2. The molecule has 2 aliphatic heterocycles. The van der Waals surface area contributed by atoms with E-state index in [9.17, 15) is 0 Å². The molecule has 1 unspecified atom stereocenters. The quantitative estimate of drug-likeness (QED) is 0.160. The van der Waals surface area contributed by atoms with Crippen LogP contribution in [-0.4, -0.2) is 16.7 Å². The largest absolute Gasteiger partial charge is 0.314 e. The zero-order valence-corrected chi connectivity index (χ0v) is 25.4. The highest BCUT2D eigenvalue weighted by atomic mass is 15.2. The number of pyridine rings is 2. The van der Waals surface area contributed by atoms with Gasteiger partial charge in [0.15, 0.2) is 0 Å². The van der Waals surface area contributed by atoms with Crippen LogP contribution in [0.1, 0.15) is 23.6 Å². The van der Waals surface area contributed by atoms with Crippen LogP contribution in [0.3, 0.4) is 0 Å². The summed E-state index contributed by atoms with van der Waals surface area (Å²) in [6.07, 6.45) is 6.59. The highest BCUT2D eigenvalue weighted by molar-refractivity contribution is 7.00. The van der Waals surface area contributed by atoms with Gasteiger partial charge in [-0.3, -0.25) is 9.97 Å². The van der Waals surface area contributed by atoms with Gasteiger partial charge in [0.2, 0.25) is 0 Å². The third-order valence-corrected chi connectivity index (χ3v) is 9.40. The summed E-state index contributed by atoms with van der Waals surface area (Å²) in [5.74, 6) is 6.75. The minimum absolute atomic E-state index is 0.0556. The van der Waals surface area contributed by atoms with Gasteiger partial charge in [-0.05, 0) is 83.5 Å². The van der Waals surface area contributed by atoms with Gasteiger partial charge in [-0.1, -0.05) is 78.6 Å². The van der Waals surface area contributed by atoms with Crippen LogP contribution >= 0.6 is 0 Å². The second-order valence-electron chi connectivity index (χ2n) is 12.1. The third kappa shape index (κ3) is 4.04. The number of benzene rings is 4. The van der Waals surface area contributed by atoms with E-state index in [2.05, 4.69) is 144 Å². The predicted molar refractivity (Wildman–Crippen MR) is 190 cm³/mol. The maximum atomic E-state index is 4.81. The van der Waals surface area contributed by atoms with Crippen molar-refractivity contribution in [2.75, 3.05) is 9.80 Å². The van der Waals surface area contributed by atoms with Crippen LogP contribution < -0.4 is 26.2 Å². The van der Waals surface area contributed by atoms with Gasteiger partial charge in [-0.15, -0.1) is 0 Å². The molecule has 0 bridgehead atoms. The van der Waals surface area contributed by atoms with Crippen LogP contribution in [0.2, 0.25) is 0 Å². The van der Waals surface area contributed by atoms with E-state index in [1.807, 2.05) is 24.5 Å². The lowest BCUT2D eigenvalue weighted by Crippen LogP contribution is -2.61. The number of hydrogen-bond acceptors (Lipinski definition) is 4. The summed E-state index contributed by atoms with van der Waals surface area (Å²) >= 11 is 0. The summed E-state index contributed by atoms with van der Waals surface area (Å²) in [6.45, 7) is 2.29. The standard InChI is InChI=1S/C41H29BN4/c1-28-26-39-41-40(27-28)46(36-21-7-3-15-30(36)34-19-11-13-25-44-34)38-23-9-5-17-32(38)42(41)31-16-4-8-22-37(31)45(39)35-20-6-2-14-29(35)33-18-10-12-24-43-33/h2,4-6,8-14,16-27,30H,15H2,1H3. The van der Waals surface area contributed by atoms with Gasteiger partial charge in [0.05, 0.1) is 23.0 Å². The molecule has 3 aliphatic rings. The number of anilines is 5. The molecule has 6 aromatic rings. The molecule has 216 valence electrons. The number of aryl methyl sites for hydroxylation is 1. The highest BCUT2D eigenvalue weighted by Crippen LogP contribution is 2.47. The van der Waals surface area contributed by atoms with Gasteiger partial charge in [0, 0.05) is 58.9 Å². The molecule has 4 heterocycles. The van der Waals surface area contributed by atoms with Crippen molar-refractivity contribution >= 4 is 51.5 Å². The van der Waals surface area contributed by atoms with E-state index in [4.69, 9.17) is 9.97 Å². The number of hydrogen-bond donors (Lipinski definition) is 0. The van der Waals surface area contributed by atoms with E-state index < -0.39 is 0 Å². The molecule has 4 nitrogen and oxygen atoms in total. The minimum atomic E-state index is 0.0556. The monoisotopic (exact) mass is 588 g/mol. The van der Waals surface area contributed by atoms with Crippen LogP contribution in [0.4, 0.5) is 28.4 Å². The van der Waals surface area contributed by atoms with Crippen molar-refractivity contribution in [3.63, 3.8) is 0 Å². The molecule has 1 aliphatic carbocycles. The normalized spacial score (nSPS) is 15.6. The Labute approximate surface area is 269 Å². The van der Waals surface area contributed by atoms with Crippen LogP contribution in [0.15, 0.2) is 145 Å². The maximum Gasteiger partial charge on any atom is 0.252 e. The summed E-state index contributed by atoms with van der Waals surface area (Å²) in [7, 11) is 0. The van der Waals surface area contributed by atoms with Crippen molar-refractivity contribution in [1.82, 2.24) is 9.97 Å². The zero-order chi connectivity index (χ0) is 30.6. The molecule has 4 aromatic carbocycles. The fraction of sp³-hybridized carbons (Fsp3) is 0.0732. The van der Waals surface area contributed by atoms with Crippen LogP contribution in [0.5, 0.6) is 0 Å². The highest BCUT2D eigenvalue weighted by Gasteiger charge is 2.44. The van der Waals surface area contributed by atoms with E-state index in [1.165, 1.54) is 44.7 Å². The van der Waals surface area contributed by atoms with E-state index in [-0.39, 0.29) is 12.6 Å². The summed E-state index contributed by atoms with van der Waals surface area (Å²) in [5, 5.41) is 0. The second-order valence-corrected chi connectivity index (χ2v) is 12.1. The summed E-state index contributed by atoms with van der Waals surface area (Å²) in [4.78, 5) is 14.5. The molecule has 0 fully saturated rings. The van der Waals surface area contributed by atoms with E-state index in [0.29, 0.717) is 0 Å². The van der Waals surface area contributed by atoms with Crippen LogP contribution in [-0.2, 0) is 0 Å². The molecule has 1 atom stereocenters. The molecular weight excluding hydrogens is 559 g/mol. The van der Waals surface area contributed by atoms with E-state index in [1.54, 1.807) is 0 Å². The van der Waals surface area contributed by atoms with Gasteiger partial charge >= 0.3 is 0 Å².